The smallest absolute Gasteiger partial charge is 0.261 e. The van der Waals surface area contributed by atoms with Crippen LogP contribution in [0, 0.1) is 0 Å². The molecule has 1 aliphatic rings. The maximum Gasteiger partial charge on any atom is 0.261 e. The Morgan fingerprint density at radius 3 is 2.57 bits per heavy atom. The largest absolute Gasteiger partial charge is 0.484 e. The number of H-pyrrole nitrogens is 1. The van der Waals surface area contributed by atoms with E-state index in [1.54, 1.807) is 0 Å². The Bertz CT molecular complexity index is 913. The second-order valence-corrected chi connectivity index (χ2v) is 6.88. The lowest BCUT2D eigenvalue weighted by Gasteiger charge is -2.38. The molecule has 1 aromatic heterocycles. The Hall–Kier alpha value is -3.19. The van der Waals surface area contributed by atoms with Crippen molar-refractivity contribution in [2.24, 2.45) is 0 Å². The molecule has 1 aliphatic heterocycles. The molecule has 2 heterocycles. The van der Waals surface area contributed by atoms with Gasteiger partial charge in [-0.2, -0.15) is 5.10 Å². The van der Waals surface area contributed by atoms with Crippen LogP contribution in [-0.2, 0) is 4.79 Å². The lowest BCUT2D eigenvalue weighted by molar-refractivity contribution is -0.138. The van der Waals surface area contributed by atoms with E-state index in [2.05, 4.69) is 20.1 Å². The lowest BCUT2D eigenvalue weighted by Crippen LogP contribution is -2.50. The number of aromatic nitrogens is 3. The minimum Gasteiger partial charge on any atom is -0.484 e. The number of likely N-dealkylation sites (N-methyl/N-ethyl adjacent to an activating group) is 1. The number of aromatic amines is 1. The molecular formula is C21H23N5O2. The number of benzene rings is 2. The van der Waals surface area contributed by atoms with Gasteiger partial charge < -0.3 is 14.5 Å². The van der Waals surface area contributed by atoms with Gasteiger partial charge in [-0.05, 0) is 19.2 Å². The predicted octanol–water partition coefficient (Wildman–Crippen LogP) is 2.37. The fourth-order valence-electron chi connectivity index (χ4n) is 3.34. The molecule has 0 aliphatic carbocycles. The summed E-state index contributed by atoms with van der Waals surface area (Å²) in [5.74, 6) is 1.96. The van der Waals surface area contributed by atoms with Gasteiger partial charge in [0.2, 0.25) is 0 Å². The maximum absolute atomic E-state index is 12.9. The number of rotatable bonds is 5. The van der Waals surface area contributed by atoms with Gasteiger partial charge in [0.1, 0.15) is 17.6 Å². The summed E-state index contributed by atoms with van der Waals surface area (Å²) in [6.45, 7) is 2.14. The van der Waals surface area contributed by atoms with Gasteiger partial charge in [0, 0.05) is 25.2 Å². The van der Waals surface area contributed by atoms with E-state index >= 15 is 0 Å². The number of nitrogens with zero attached hydrogens (tertiary/aromatic N) is 4. The molecule has 1 saturated heterocycles. The highest BCUT2D eigenvalue weighted by Crippen LogP contribution is 2.24. The van der Waals surface area contributed by atoms with Crippen molar-refractivity contribution in [1.29, 1.82) is 0 Å². The molecule has 0 spiro atoms. The van der Waals surface area contributed by atoms with E-state index in [-0.39, 0.29) is 18.6 Å². The van der Waals surface area contributed by atoms with Gasteiger partial charge in [-0.15, -0.1) is 0 Å². The van der Waals surface area contributed by atoms with Crippen molar-refractivity contribution >= 4 is 5.91 Å². The number of carbonyl (C=O) groups is 1. The van der Waals surface area contributed by atoms with Crippen molar-refractivity contribution in [2.45, 2.75) is 6.04 Å². The molecule has 7 nitrogen and oxygen atoms in total. The molecule has 0 radical (unpaired) electrons. The van der Waals surface area contributed by atoms with Crippen molar-refractivity contribution in [3.8, 4) is 17.1 Å². The van der Waals surface area contributed by atoms with Crippen LogP contribution in [0.5, 0.6) is 5.75 Å². The zero-order chi connectivity index (χ0) is 19.3. The zero-order valence-corrected chi connectivity index (χ0v) is 15.8. The monoisotopic (exact) mass is 377 g/mol. The van der Waals surface area contributed by atoms with Gasteiger partial charge in [-0.25, -0.2) is 4.98 Å². The van der Waals surface area contributed by atoms with E-state index in [0.29, 0.717) is 30.5 Å². The van der Waals surface area contributed by atoms with E-state index in [1.165, 1.54) is 0 Å². The number of hydrogen-bond acceptors (Lipinski definition) is 5. The second kappa shape index (κ2) is 8.22. The van der Waals surface area contributed by atoms with E-state index in [1.807, 2.05) is 72.6 Å². The average molecular weight is 377 g/mol. The summed E-state index contributed by atoms with van der Waals surface area (Å²) in [5, 5.41) is 7.38. The van der Waals surface area contributed by atoms with Gasteiger partial charge in [0.15, 0.2) is 12.4 Å². The SMILES string of the molecule is CN1CCN(C(=O)COc2ccccc2)[C@@H](c2nc(-c3ccccc3)n[nH]2)C1. The van der Waals surface area contributed by atoms with E-state index in [4.69, 9.17) is 4.74 Å². The summed E-state index contributed by atoms with van der Waals surface area (Å²) in [5.41, 5.74) is 0.944. The van der Waals surface area contributed by atoms with Gasteiger partial charge in [-0.3, -0.25) is 9.89 Å². The Labute approximate surface area is 164 Å². The molecule has 1 N–H and O–H groups in total. The normalized spacial score (nSPS) is 17.5. The summed E-state index contributed by atoms with van der Waals surface area (Å²) in [4.78, 5) is 21.5. The molecular weight excluding hydrogens is 354 g/mol. The standard InChI is InChI=1S/C21H23N5O2/c1-25-12-13-26(19(27)15-28-17-10-6-3-7-11-17)18(14-25)21-22-20(23-24-21)16-8-4-2-5-9-16/h2-11,18H,12-15H2,1H3,(H,22,23,24)/t18-/m1/s1. The van der Waals surface area contributed by atoms with Crippen LogP contribution in [0.2, 0.25) is 0 Å². The van der Waals surface area contributed by atoms with Gasteiger partial charge in [0.05, 0.1) is 0 Å². The molecule has 1 fully saturated rings. The lowest BCUT2D eigenvalue weighted by atomic mass is 10.1. The number of carbonyl (C=O) groups excluding carboxylic acids is 1. The third kappa shape index (κ3) is 4.04. The number of ether oxygens (including phenoxy) is 1. The van der Waals surface area contributed by atoms with Crippen LogP contribution in [0.1, 0.15) is 11.9 Å². The predicted molar refractivity (Wildman–Crippen MR) is 106 cm³/mol. The highest BCUT2D eigenvalue weighted by molar-refractivity contribution is 5.78. The maximum atomic E-state index is 12.9. The van der Waals surface area contributed by atoms with E-state index in [9.17, 15) is 4.79 Å². The number of nitrogens with one attached hydrogen (secondary N) is 1. The average Bonchev–Trinajstić information content (AvgIpc) is 3.23. The molecule has 1 amide bonds. The summed E-state index contributed by atoms with van der Waals surface area (Å²) in [6.07, 6.45) is 0. The Morgan fingerprint density at radius 1 is 1.11 bits per heavy atom. The molecule has 3 aromatic rings. The quantitative estimate of drug-likeness (QED) is 0.739. The van der Waals surface area contributed by atoms with Crippen molar-refractivity contribution < 1.29 is 9.53 Å². The van der Waals surface area contributed by atoms with Gasteiger partial charge in [-0.1, -0.05) is 48.5 Å². The molecule has 7 heteroatoms. The first-order valence-corrected chi connectivity index (χ1v) is 9.34. The molecule has 144 valence electrons. The van der Waals surface area contributed by atoms with Gasteiger partial charge in [0.25, 0.3) is 5.91 Å². The van der Waals surface area contributed by atoms with Crippen LogP contribution in [0.3, 0.4) is 0 Å². The summed E-state index contributed by atoms with van der Waals surface area (Å²) in [7, 11) is 2.05. The zero-order valence-electron chi connectivity index (χ0n) is 15.8. The molecule has 0 bridgehead atoms. The van der Waals surface area contributed by atoms with Crippen molar-refractivity contribution in [2.75, 3.05) is 33.3 Å². The fourth-order valence-corrected chi connectivity index (χ4v) is 3.34. The Morgan fingerprint density at radius 2 is 1.82 bits per heavy atom. The summed E-state index contributed by atoms with van der Waals surface area (Å²) < 4.78 is 5.66. The molecule has 4 rings (SSSR count). The first kappa shape index (κ1) is 18.2. The first-order chi connectivity index (χ1) is 13.7. The number of amides is 1. The van der Waals surface area contributed by atoms with Crippen LogP contribution in [-0.4, -0.2) is 64.2 Å². The van der Waals surface area contributed by atoms with Crippen molar-refractivity contribution in [3.05, 3.63) is 66.5 Å². The summed E-state index contributed by atoms with van der Waals surface area (Å²) >= 11 is 0. The van der Waals surface area contributed by atoms with E-state index < -0.39 is 0 Å². The summed E-state index contributed by atoms with van der Waals surface area (Å²) in [6, 6.07) is 19.0. The van der Waals surface area contributed by atoms with Gasteiger partial charge >= 0.3 is 0 Å². The number of para-hydroxylation sites is 1. The van der Waals surface area contributed by atoms with Crippen LogP contribution in [0.25, 0.3) is 11.4 Å². The highest BCUT2D eigenvalue weighted by atomic mass is 16.5. The topological polar surface area (TPSA) is 74.3 Å². The van der Waals surface area contributed by atoms with Crippen LogP contribution in [0.4, 0.5) is 0 Å². The molecule has 1 atom stereocenters. The Kier molecular flexibility index (Phi) is 5.34. The third-order valence-corrected chi connectivity index (χ3v) is 4.86. The number of hydrogen-bond donors (Lipinski definition) is 1. The second-order valence-electron chi connectivity index (χ2n) is 6.88. The Balaban J connectivity index is 1.50. The molecule has 0 unspecified atom stereocenters. The van der Waals surface area contributed by atoms with Crippen LogP contribution < -0.4 is 4.74 Å². The van der Waals surface area contributed by atoms with Crippen LogP contribution in [0.15, 0.2) is 60.7 Å². The van der Waals surface area contributed by atoms with E-state index in [0.717, 1.165) is 12.1 Å². The minimum absolute atomic E-state index is 0.00388. The molecule has 28 heavy (non-hydrogen) atoms. The molecule has 0 saturated carbocycles. The van der Waals surface area contributed by atoms with Crippen molar-refractivity contribution in [1.82, 2.24) is 25.0 Å². The molecule has 2 aromatic carbocycles. The van der Waals surface area contributed by atoms with Crippen LogP contribution >= 0.6 is 0 Å². The first-order valence-electron chi connectivity index (χ1n) is 9.34. The number of piperazine rings is 1. The highest BCUT2D eigenvalue weighted by Gasteiger charge is 2.32. The fraction of sp³-hybridized carbons (Fsp3) is 0.286. The minimum atomic E-state index is -0.185. The third-order valence-electron chi connectivity index (χ3n) is 4.86. The van der Waals surface area contributed by atoms with Crippen molar-refractivity contribution in [3.63, 3.8) is 0 Å².